The lowest BCUT2D eigenvalue weighted by Crippen LogP contribution is -2.23. The molecule has 0 unspecified atom stereocenters. The van der Waals surface area contributed by atoms with Crippen LogP contribution < -0.4 is 20.1 Å². The molecular formula is C21H16FN3O4. The normalized spacial score (nSPS) is 11.8. The maximum atomic E-state index is 13.7. The van der Waals surface area contributed by atoms with Crippen molar-refractivity contribution >= 4 is 17.5 Å². The van der Waals surface area contributed by atoms with Crippen molar-refractivity contribution in [3.05, 3.63) is 83.4 Å². The Bertz CT molecular complexity index is 1090. The summed E-state index contributed by atoms with van der Waals surface area (Å²) in [6.07, 6.45) is 1.35. The predicted molar refractivity (Wildman–Crippen MR) is 102 cm³/mol. The molecule has 2 aromatic carbocycles. The molecule has 0 fully saturated rings. The monoisotopic (exact) mass is 393 g/mol. The van der Waals surface area contributed by atoms with Crippen LogP contribution in [0.5, 0.6) is 11.5 Å². The SMILES string of the molecule is O=C(NCc1ccc2c(c1)OCO2)c1ccnc(C(=O)Nc2ccccc2F)c1. The van der Waals surface area contributed by atoms with E-state index in [0.717, 1.165) is 5.56 Å². The number of hydrogen-bond acceptors (Lipinski definition) is 5. The Kier molecular flexibility index (Phi) is 5.07. The minimum absolute atomic E-state index is 0.00369. The molecule has 2 amide bonds. The van der Waals surface area contributed by atoms with Gasteiger partial charge in [-0.25, -0.2) is 4.39 Å². The predicted octanol–water partition coefficient (Wildman–Crippen LogP) is 3.13. The topological polar surface area (TPSA) is 89.6 Å². The molecule has 0 atom stereocenters. The van der Waals surface area contributed by atoms with Gasteiger partial charge in [0.15, 0.2) is 11.5 Å². The van der Waals surface area contributed by atoms with E-state index in [9.17, 15) is 14.0 Å². The number of aromatic nitrogens is 1. The van der Waals surface area contributed by atoms with E-state index in [1.807, 2.05) is 6.07 Å². The summed E-state index contributed by atoms with van der Waals surface area (Å²) < 4.78 is 24.3. The molecule has 0 saturated carbocycles. The van der Waals surface area contributed by atoms with Gasteiger partial charge in [-0.15, -0.1) is 0 Å². The molecule has 7 nitrogen and oxygen atoms in total. The summed E-state index contributed by atoms with van der Waals surface area (Å²) in [4.78, 5) is 28.7. The Morgan fingerprint density at radius 2 is 1.83 bits per heavy atom. The van der Waals surface area contributed by atoms with Crippen LogP contribution in [0.2, 0.25) is 0 Å². The smallest absolute Gasteiger partial charge is 0.274 e. The zero-order chi connectivity index (χ0) is 20.2. The van der Waals surface area contributed by atoms with Gasteiger partial charge in [-0.05, 0) is 42.0 Å². The number of carbonyl (C=O) groups is 2. The van der Waals surface area contributed by atoms with Crippen molar-refractivity contribution in [2.75, 3.05) is 12.1 Å². The first-order valence-electron chi connectivity index (χ1n) is 8.79. The molecule has 146 valence electrons. The summed E-state index contributed by atoms with van der Waals surface area (Å²) in [7, 11) is 0. The second-order valence-corrected chi connectivity index (χ2v) is 6.23. The number of pyridine rings is 1. The Morgan fingerprint density at radius 1 is 1.00 bits per heavy atom. The number of anilines is 1. The van der Waals surface area contributed by atoms with Gasteiger partial charge in [0, 0.05) is 18.3 Å². The number of hydrogen-bond donors (Lipinski definition) is 2. The van der Waals surface area contributed by atoms with Gasteiger partial charge >= 0.3 is 0 Å². The van der Waals surface area contributed by atoms with Crippen molar-refractivity contribution in [1.29, 1.82) is 0 Å². The van der Waals surface area contributed by atoms with Crippen LogP contribution in [-0.2, 0) is 6.54 Å². The molecule has 4 rings (SSSR count). The largest absolute Gasteiger partial charge is 0.454 e. The summed E-state index contributed by atoms with van der Waals surface area (Å²) in [5.74, 6) is -0.239. The number of fused-ring (bicyclic) bond motifs is 1. The van der Waals surface area contributed by atoms with Gasteiger partial charge in [-0.3, -0.25) is 14.6 Å². The highest BCUT2D eigenvalue weighted by atomic mass is 19.1. The number of halogens is 1. The molecule has 1 aromatic heterocycles. The lowest BCUT2D eigenvalue weighted by molar-refractivity contribution is 0.0950. The second-order valence-electron chi connectivity index (χ2n) is 6.23. The summed E-state index contributed by atoms with van der Waals surface area (Å²) in [5, 5.41) is 5.22. The molecule has 0 bridgehead atoms. The third-order valence-electron chi connectivity index (χ3n) is 4.27. The molecule has 29 heavy (non-hydrogen) atoms. The lowest BCUT2D eigenvalue weighted by Gasteiger charge is -2.08. The van der Waals surface area contributed by atoms with Gasteiger partial charge in [-0.1, -0.05) is 18.2 Å². The van der Waals surface area contributed by atoms with E-state index >= 15 is 0 Å². The molecule has 0 aliphatic carbocycles. The third-order valence-corrected chi connectivity index (χ3v) is 4.27. The van der Waals surface area contributed by atoms with Gasteiger partial charge in [0.05, 0.1) is 5.69 Å². The van der Waals surface area contributed by atoms with E-state index in [2.05, 4.69) is 15.6 Å². The number of ether oxygens (including phenoxy) is 2. The van der Waals surface area contributed by atoms with Crippen LogP contribution in [0.1, 0.15) is 26.4 Å². The number of para-hydroxylation sites is 1. The fraction of sp³-hybridized carbons (Fsp3) is 0.0952. The maximum absolute atomic E-state index is 13.7. The minimum atomic E-state index is -0.611. The van der Waals surface area contributed by atoms with Crippen LogP contribution in [0, 0.1) is 5.82 Å². The van der Waals surface area contributed by atoms with Crippen molar-refractivity contribution in [3.8, 4) is 11.5 Å². The summed E-state index contributed by atoms with van der Waals surface area (Å²) in [6.45, 7) is 0.453. The molecule has 1 aliphatic heterocycles. The quantitative estimate of drug-likeness (QED) is 0.695. The molecule has 2 heterocycles. The number of nitrogens with one attached hydrogen (secondary N) is 2. The van der Waals surface area contributed by atoms with Crippen LogP contribution in [-0.4, -0.2) is 23.6 Å². The van der Waals surface area contributed by atoms with Gasteiger partial charge in [0.25, 0.3) is 11.8 Å². The van der Waals surface area contributed by atoms with E-state index in [0.29, 0.717) is 11.5 Å². The van der Waals surface area contributed by atoms with Crippen LogP contribution in [0.15, 0.2) is 60.8 Å². The second kappa shape index (κ2) is 7.97. The van der Waals surface area contributed by atoms with Crippen molar-refractivity contribution in [3.63, 3.8) is 0 Å². The first-order chi connectivity index (χ1) is 14.1. The number of benzene rings is 2. The number of carbonyl (C=O) groups excluding carboxylic acids is 2. The van der Waals surface area contributed by atoms with Gasteiger partial charge in [0.2, 0.25) is 6.79 Å². The molecule has 3 aromatic rings. The first kappa shape index (κ1) is 18.4. The molecule has 0 spiro atoms. The summed E-state index contributed by atoms with van der Waals surface area (Å²) in [5.41, 5.74) is 1.15. The van der Waals surface area contributed by atoms with Crippen molar-refractivity contribution in [2.24, 2.45) is 0 Å². The standard InChI is InChI=1S/C21H16FN3O4/c22-15-3-1-2-4-16(15)25-21(27)17-10-14(7-8-23-17)20(26)24-11-13-5-6-18-19(9-13)29-12-28-18/h1-10H,11-12H2,(H,24,26)(H,25,27). The van der Waals surface area contributed by atoms with E-state index in [1.54, 1.807) is 18.2 Å². The van der Waals surface area contributed by atoms with Crippen molar-refractivity contribution < 1.29 is 23.5 Å². The number of rotatable bonds is 5. The van der Waals surface area contributed by atoms with Gasteiger partial charge < -0.3 is 20.1 Å². The molecule has 1 aliphatic rings. The van der Waals surface area contributed by atoms with Crippen molar-refractivity contribution in [2.45, 2.75) is 6.54 Å². The van der Waals surface area contributed by atoms with E-state index in [1.165, 1.54) is 36.5 Å². The lowest BCUT2D eigenvalue weighted by atomic mass is 10.1. The van der Waals surface area contributed by atoms with E-state index in [4.69, 9.17) is 9.47 Å². The highest BCUT2D eigenvalue weighted by molar-refractivity contribution is 6.04. The third kappa shape index (κ3) is 4.16. The average Bonchev–Trinajstić information content (AvgIpc) is 3.21. The first-order valence-corrected chi connectivity index (χ1v) is 8.79. The van der Waals surface area contributed by atoms with Crippen LogP contribution >= 0.6 is 0 Å². The molecular weight excluding hydrogens is 377 g/mol. The Labute approximate surface area is 165 Å². The minimum Gasteiger partial charge on any atom is -0.454 e. The van der Waals surface area contributed by atoms with Gasteiger partial charge in [0.1, 0.15) is 11.5 Å². The zero-order valence-corrected chi connectivity index (χ0v) is 15.1. The van der Waals surface area contributed by atoms with Crippen LogP contribution in [0.25, 0.3) is 0 Å². The van der Waals surface area contributed by atoms with Crippen LogP contribution in [0.4, 0.5) is 10.1 Å². The zero-order valence-electron chi connectivity index (χ0n) is 15.1. The van der Waals surface area contributed by atoms with Crippen LogP contribution in [0.3, 0.4) is 0 Å². The number of nitrogens with zero attached hydrogens (tertiary/aromatic N) is 1. The maximum Gasteiger partial charge on any atom is 0.274 e. The Balaban J connectivity index is 1.42. The highest BCUT2D eigenvalue weighted by Gasteiger charge is 2.15. The Hall–Kier alpha value is -3.94. The van der Waals surface area contributed by atoms with Gasteiger partial charge in [-0.2, -0.15) is 0 Å². The average molecular weight is 393 g/mol. The molecule has 0 radical (unpaired) electrons. The van der Waals surface area contributed by atoms with E-state index < -0.39 is 11.7 Å². The van der Waals surface area contributed by atoms with Crippen molar-refractivity contribution in [1.82, 2.24) is 10.3 Å². The fourth-order valence-corrected chi connectivity index (χ4v) is 2.78. The summed E-state index contributed by atoms with van der Waals surface area (Å²) >= 11 is 0. The van der Waals surface area contributed by atoms with E-state index in [-0.39, 0.29) is 36.2 Å². The molecule has 0 saturated heterocycles. The highest BCUT2D eigenvalue weighted by Crippen LogP contribution is 2.32. The summed E-state index contributed by atoms with van der Waals surface area (Å²) in [6, 6.07) is 14.1. The fourth-order valence-electron chi connectivity index (χ4n) is 2.78. The Morgan fingerprint density at radius 3 is 2.69 bits per heavy atom. The molecule has 8 heteroatoms. The number of amides is 2. The molecule has 2 N–H and O–H groups in total.